The van der Waals surface area contributed by atoms with Gasteiger partial charge in [-0.15, -0.1) is 0 Å². The third-order valence-corrected chi connectivity index (χ3v) is 8.19. The fraction of sp³-hybridized carbons (Fsp3) is 0.500. The number of hydrogen-bond acceptors (Lipinski definition) is 4. The van der Waals surface area contributed by atoms with Crippen LogP contribution in [0.4, 0.5) is 0 Å². The van der Waals surface area contributed by atoms with E-state index < -0.39 is 16.1 Å². The summed E-state index contributed by atoms with van der Waals surface area (Å²) in [6.45, 7) is 0.690. The number of piperidine rings is 1. The lowest BCUT2D eigenvalue weighted by molar-refractivity contribution is 0.0342. The van der Waals surface area contributed by atoms with Gasteiger partial charge in [0.2, 0.25) is 10.0 Å². The summed E-state index contributed by atoms with van der Waals surface area (Å²) in [7, 11) is -3.22. The number of imidazole rings is 1. The molecule has 3 atom stereocenters. The summed E-state index contributed by atoms with van der Waals surface area (Å²) in [4.78, 5) is 4.27. The highest BCUT2D eigenvalue weighted by molar-refractivity contribution is 7.90. The summed E-state index contributed by atoms with van der Waals surface area (Å²) in [5.41, 5.74) is 3.42. The average molecular weight is 359 g/mol. The summed E-state index contributed by atoms with van der Waals surface area (Å²) in [6, 6.07) is 8.24. The molecule has 1 N–H and O–H groups in total. The molecule has 7 heteroatoms. The summed E-state index contributed by atoms with van der Waals surface area (Å²) in [6.07, 6.45) is 5.18. The van der Waals surface area contributed by atoms with Crippen molar-refractivity contribution in [2.45, 2.75) is 36.7 Å². The Balaban J connectivity index is 1.45. The molecule has 2 fully saturated rings. The van der Waals surface area contributed by atoms with Crippen molar-refractivity contribution in [3.05, 3.63) is 42.4 Å². The summed E-state index contributed by atoms with van der Waals surface area (Å²) < 4.78 is 28.6. The molecule has 3 heterocycles. The highest BCUT2D eigenvalue weighted by Gasteiger charge is 2.46. The van der Waals surface area contributed by atoms with Gasteiger partial charge in [0.15, 0.2) is 0 Å². The van der Waals surface area contributed by atoms with Gasteiger partial charge in [-0.25, -0.2) is 13.4 Å². The molecule has 3 aliphatic rings. The van der Waals surface area contributed by atoms with Crippen molar-refractivity contribution in [3.8, 4) is 11.3 Å². The second kappa shape index (κ2) is 5.40. The number of aromatic nitrogens is 2. The van der Waals surface area contributed by atoms with E-state index >= 15 is 0 Å². The van der Waals surface area contributed by atoms with E-state index in [1.165, 1.54) is 9.87 Å². The van der Waals surface area contributed by atoms with Gasteiger partial charge in [0.1, 0.15) is 0 Å². The monoisotopic (exact) mass is 359 g/mol. The molecule has 6 nitrogen and oxygen atoms in total. The molecule has 0 radical (unpaired) electrons. The lowest BCUT2D eigenvalue weighted by Crippen LogP contribution is -2.49. The number of aliphatic hydroxyl groups is 1. The average Bonchev–Trinajstić information content (AvgIpc) is 3.29. The first-order valence-electron chi connectivity index (χ1n) is 8.85. The van der Waals surface area contributed by atoms with Crippen molar-refractivity contribution in [2.24, 2.45) is 5.92 Å². The molecule has 1 saturated carbocycles. The van der Waals surface area contributed by atoms with Gasteiger partial charge >= 0.3 is 0 Å². The molecule has 1 aromatic carbocycles. The van der Waals surface area contributed by atoms with Crippen LogP contribution in [-0.4, -0.2) is 51.8 Å². The number of β-amino-alcohol motifs (C(OH)–C–C–N with tert-alkyl or cyclic N) is 1. The largest absolute Gasteiger partial charge is 0.391 e. The van der Waals surface area contributed by atoms with Gasteiger partial charge in [-0.3, -0.25) is 0 Å². The van der Waals surface area contributed by atoms with Gasteiger partial charge in [-0.05, 0) is 24.8 Å². The molecule has 0 bridgehead atoms. The minimum atomic E-state index is -3.22. The normalized spacial score (nSPS) is 29.4. The van der Waals surface area contributed by atoms with E-state index in [9.17, 15) is 13.5 Å². The Morgan fingerprint density at radius 3 is 2.72 bits per heavy atom. The Morgan fingerprint density at radius 1 is 1.16 bits per heavy atom. The van der Waals surface area contributed by atoms with E-state index in [1.807, 2.05) is 24.7 Å². The van der Waals surface area contributed by atoms with Gasteiger partial charge in [-0.2, -0.15) is 4.31 Å². The van der Waals surface area contributed by atoms with Gasteiger partial charge in [0.25, 0.3) is 0 Å². The maximum atomic E-state index is 12.5. The van der Waals surface area contributed by atoms with Gasteiger partial charge in [0, 0.05) is 24.6 Å². The predicted molar refractivity (Wildman–Crippen MR) is 93.4 cm³/mol. The molecule has 132 valence electrons. The molecule has 1 saturated heterocycles. The number of sulfonamides is 1. The van der Waals surface area contributed by atoms with Crippen molar-refractivity contribution in [1.82, 2.24) is 13.9 Å². The standard InChI is InChI=1S/C18H21N3O3S/c22-17-10-20(25(23,24)12-5-6-12)8-7-15(17)18-14-4-2-1-3-13(14)16-9-19-11-21(16)18/h1-4,9,11-12,15,17-18,22H,5-8,10H2/t15-,17-,18?/m0/s1. The number of rotatable bonds is 3. The SMILES string of the molecule is O=S(=O)(C1CC1)N1CC[C@H](C2c3ccccc3-c3cncn32)[C@@H](O)C1. The van der Waals surface area contributed by atoms with Crippen LogP contribution < -0.4 is 0 Å². The summed E-state index contributed by atoms with van der Waals surface area (Å²) in [5.74, 6) is -0.0118. The zero-order chi connectivity index (χ0) is 17.2. The summed E-state index contributed by atoms with van der Waals surface area (Å²) >= 11 is 0. The van der Waals surface area contributed by atoms with Gasteiger partial charge in [-0.1, -0.05) is 24.3 Å². The molecule has 5 rings (SSSR count). The minimum absolute atomic E-state index is 0.0118. The van der Waals surface area contributed by atoms with Crippen molar-refractivity contribution < 1.29 is 13.5 Å². The Morgan fingerprint density at radius 2 is 1.96 bits per heavy atom. The minimum Gasteiger partial charge on any atom is -0.391 e. The van der Waals surface area contributed by atoms with Crippen LogP contribution in [0.3, 0.4) is 0 Å². The van der Waals surface area contributed by atoms with Crippen LogP contribution in [0.1, 0.15) is 30.9 Å². The first-order valence-corrected chi connectivity index (χ1v) is 10.4. The van der Waals surface area contributed by atoms with Crippen molar-refractivity contribution in [1.29, 1.82) is 0 Å². The molecule has 1 aliphatic carbocycles. The topological polar surface area (TPSA) is 75.4 Å². The number of nitrogens with zero attached hydrogens (tertiary/aromatic N) is 3. The Bertz CT molecular complexity index is 919. The quantitative estimate of drug-likeness (QED) is 0.904. The third-order valence-electron chi connectivity index (χ3n) is 5.83. The molecule has 0 spiro atoms. The highest BCUT2D eigenvalue weighted by Crippen LogP contribution is 2.46. The van der Waals surface area contributed by atoms with E-state index in [1.54, 1.807) is 0 Å². The van der Waals surface area contributed by atoms with Crippen molar-refractivity contribution in [3.63, 3.8) is 0 Å². The zero-order valence-electron chi connectivity index (χ0n) is 13.8. The molecule has 2 aliphatic heterocycles. The number of fused-ring (bicyclic) bond motifs is 3. The fourth-order valence-corrected chi connectivity index (χ4v) is 6.28. The predicted octanol–water partition coefficient (Wildman–Crippen LogP) is 1.63. The molecule has 2 aromatic rings. The second-order valence-corrected chi connectivity index (χ2v) is 9.55. The first-order chi connectivity index (χ1) is 12.1. The van der Waals surface area contributed by atoms with Crippen LogP contribution in [-0.2, 0) is 10.0 Å². The van der Waals surface area contributed by atoms with E-state index in [-0.39, 0.29) is 23.8 Å². The van der Waals surface area contributed by atoms with E-state index in [4.69, 9.17) is 0 Å². The van der Waals surface area contributed by atoms with Crippen LogP contribution in [0.15, 0.2) is 36.8 Å². The van der Waals surface area contributed by atoms with Crippen molar-refractivity contribution >= 4 is 10.0 Å². The van der Waals surface area contributed by atoms with Crippen LogP contribution in [0.2, 0.25) is 0 Å². The molecule has 25 heavy (non-hydrogen) atoms. The van der Waals surface area contributed by atoms with Crippen LogP contribution in [0.25, 0.3) is 11.3 Å². The fourth-order valence-electron chi connectivity index (χ4n) is 4.41. The number of benzene rings is 1. The van der Waals surface area contributed by atoms with E-state index in [0.717, 1.165) is 24.1 Å². The maximum absolute atomic E-state index is 12.5. The van der Waals surface area contributed by atoms with E-state index in [2.05, 4.69) is 21.7 Å². The lowest BCUT2D eigenvalue weighted by atomic mass is 9.84. The molecular weight excluding hydrogens is 338 g/mol. The highest BCUT2D eigenvalue weighted by atomic mass is 32.2. The molecule has 0 amide bonds. The molecule has 1 unspecified atom stereocenters. The van der Waals surface area contributed by atoms with Crippen LogP contribution in [0.5, 0.6) is 0 Å². The zero-order valence-corrected chi connectivity index (χ0v) is 14.6. The Labute approximate surface area is 147 Å². The summed E-state index contributed by atoms with van der Waals surface area (Å²) in [5, 5.41) is 10.6. The smallest absolute Gasteiger partial charge is 0.217 e. The van der Waals surface area contributed by atoms with Gasteiger partial charge < -0.3 is 9.67 Å². The Hall–Kier alpha value is -1.70. The molecular formula is C18H21N3O3S. The Kier molecular flexibility index (Phi) is 3.36. The third kappa shape index (κ3) is 2.29. The van der Waals surface area contributed by atoms with Crippen molar-refractivity contribution in [2.75, 3.05) is 13.1 Å². The first kappa shape index (κ1) is 15.5. The molecule has 1 aromatic heterocycles. The maximum Gasteiger partial charge on any atom is 0.217 e. The van der Waals surface area contributed by atoms with Crippen LogP contribution in [0, 0.1) is 5.92 Å². The van der Waals surface area contributed by atoms with E-state index in [0.29, 0.717) is 13.0 Å². The number of aliphatic hydroxyl groups excluding tert-OH is 1. The lowest BCUT2D eigenvalue weighted by Gasteiger charge is -2.38. The second-order valence-electron chi connectivity index (χ2n) is 7.34. The van der Waals surface area contributed by atoms with Crippen LogP contribution >= 0.6 is 0 Å². The number of hydrogen-bond donors (Lipinski definition) is 1. The van der Waals surface area contributed by atoms with Gasteiger partial charge in [0.05, 0.1) is 35.6 Å².